The van der Waals surface area contributed by atoms with Gasteiger partial charge in [0.2, 0.25) is 0 Å². The van der Waals surface area contributed by atoms with Gasteiger partial charge in [0, 0.05) is 0 Å². The van der Waals surface area contributed by atoms with E-state index in [-0.39, 0.29) is 12.4 Å². The third-order valence-corrected chi connectivity index (χ3v) is 3.54. The highest BCUT2D eigenvalue weighted by Gasteiger charge is 2.34. The van der Waals surface area contributed by atoms with Gasteiger partial charge < -0.3 is 10.5 Å². The lowest BCUT2D eigenvalue weighted by molar-refractivity contribution is -0.137. The van der Waals surface area contributed by atoms with Crippen LogP contribution < -0.4 is 10.5 Å². The molecule has 1 saturated carbocycles. The van der Waals surface area contributed by atoms with E-state index in [1.165, 1.54) is 12.1 Å². The van der Waals surface area contributed by atoms with Gasteiger partial charge in [0.25, 0.3) is 0 Å². The van der Waals surface area contributed by atoms with Crippen LogP contribution in [-0.4, -0.2) is 12.1 Å². The maximum Gasteiger partial charge on any atom is 0.417 e. The van der Waals surface area contributed by atoms with Crippen LogP contribution in [0.15, 0.2) is 18.2 Å². The molecule has 1 aromatic carbocycles. The topological polar surface area (TPSA) is 59.0 Å². The van der Waals surface area contributed by atoms with Gasteiger partial charge in [-0.1, -0.05) is 12.8 Å². The van der Waals surface area contributed by atoms with Gasteiger partial charge in [0.15, 0.2) is 0 Å². The molecule has 0 atom stereocenters. The molecule has 0 amide bonds. The predicted octanol–water partition coefficient (Wildman–Crippen LogP) is 3.23. The highest BCUT2D eigenvalue weighted by Crippen LogP contribution is 2.35. The van der Waals surface area contributed by atoms with E-state index in [0.717, 1.165) is 37.8 Å². The molecule has 0 bridgehead atoms. The molecule has 0 unspecified atom stereocenters. The molecule has 3 nitrogen and oxygen atoms in total. The molecule has 1 aliphatic rings. The van der Waals surface area contributed by atoms with Gasteiger partial charge in [-0.2, -0.15) is 18.4 Å². The molecule has 1 aliphatic carbocycles. The number of halogens is 3. The summed E-state index contributed by atoms with van der Waals surface area (Å²) >= 11 is 0. The number of ether oxygens (including phenoxy) is 1. The van der Waals surface area contributed by atoms with E-state index in [1.54, 1.807) is 0 Å². The molecule has 2 N–H and O–H groups in total. The Morgan fingerprint density at radius 1 is 1.30 bits per heavy atom. The summed E-state index contributed by atoms with van der Waals surface area (Å²) in [5.41, 5.74) is 4.25. The first-order valence-corrected chi connectivity index (χ1v) is 6.37. The van der Waals surface area contributed by atoms with Crippen molar-refractivity contribution in [1.82, 2.24) is 0 Å². The van der Waals surface area contributed by atoms with Crippen LogP contribution in [0.2, 0.25) is 0 Å². The number of nitrogens with zero attached hydrogens (tertiary/aromatic N) is 1. The first-order valence-electron chi connectivity index (χ1n) is 6.37. The standard InChI is InChI=1S/C14H15F3N2O/c15-14(16,17)12-7-11(4-3-10(12)8-18)20-9-13(19)5-1-2-6-13/h3-4,7H,1-2,5-6,9,19H2. The van der Waals surface area contributed by atoms with Crippen LogP contribution in [0.4, 0.5) is 13.2 Å². The molecule has 0 radical (unpaired) electrons. The maximum atomic E-state index is 12.8. The molecule has 1 aromatic rings. The second-order valence-corrected chi connectivity index (χ2v) is 5.18. The molecule has 20 heavy (non-hydrogen) atoms. The molecule has 0 heterocycles. The van der Waals surface area contributed by atoms with Crippen molar-refractivity contribution in [3.05, 3.63) is 29.3 Å². The van der Waals surface area contributed by atoms with Crippen LogP contribution in [0.25, 0.3) is 0 Å². The average Bonchev–Trinajstić information content (AvgIpc) is 2.82. The van der Waals surface area contributed by atoms with Gasteiger partial charge in [0.05, 0.1) is 22.7 Å². The average molecular weight is 284 g/mol. The molecular weight excluding hydrogens is 269 g/mol. The maximum absolute atomic E-state index is 12.8. The fraction of sp³-hybridized carbons (Fsp3) is 0.500. The van der Waals surface area contributed by atoms with E-state index in [2.05, 4.69) is 0 Å². The lowest BCUT2D eigenvalue weighted by atomic mass is 10.0. The molecule has 0 aliphatic heterocycles. The summed E-state index contributed by atoms with van der Waals surface area (Å²) in [6, 6.07) is 4.88. The Labute approximate surface area is 115 Å². The van der Waals surface area contributed by atoms with E-state index in [0.29, 0.717) is 0 Å². The molecule has 1 fully saturated rings. The van der Waals surface area contributed by atoms with Gasteiger partial charge in [-0.05, 0) is 31.0 Å². The summed E-state index contributed by atoms with van der Waals surface area (Å²) in [6.45, 7) is 0.191. The van der Waals surface area contributed by atoms with E-state index in [4.69, 9.17) is 15.7 Å². The quantitative estimate of drug-likeness (QED) is 0.927. The minimum atomic E-state index is -4.57. The second-order valence-electron chi connectivity index (χ2n) is 5.18. The van der Waals surface area contributed by atoms with Crippen molar-refractivity contribution in [2.75, 3.05) is 6.61 Å². The zero-order valence-corrected chi connectivity index (χ0v) is 10.8. The normalized spacial score (nSPS) is 17.8. The lowest BCUT2D eigenvalue weighted by Gasteiger charge is -2.23. The summed E-state index contributed by atoms with van der Waals surface area (Å²) in [7, 11) is 0. The molecule has 108 valence electrons. The van der Waals surface area contributed by atoms with E-state index in [9.17, 15) is 13.2 Å². The highest BCUT2D eigenvalue weighted by atomic mass is 19.4. The van der Waals surface area contributed by atoms with Gasteiger partial charge in [-0.25, -0.2) is 0 Å². The zero-order chi connectivity index (χ0) is 14.8. The Hall–Kier alpha value is -1.74. The SMILES string of the molecule is N#Cc1ccc(OCC2(N)CCCC2)cc1C(F)(F)F. The monoisotopic (exact) mass is 284 g/mol. The van der Waals surface area contributed by atoms with Crippen LogP contribution in [0.5, 0.6) is 5.75 Å². The molecular formula is C14H15F3N2O. The van der Waals surface area contributed by atoms with Crippen LogP contribution in [0, 0.1) is 11.3 Å². The zero-order valence-electron chi connectivity index (χ0n) is 10.8. The summed E-state index contributed by atoms with van der Waals surface area (Å²) < 4.78 is 43.8. The number of alkyl halides is 3. The summed E-state index contributed by atoms with van der Waals surface area (Å²) in [5.74, 6) is 0.0908. The molecule has 2 rings (SSSR count). The first-order chi connectivity index (χ1) is 9.34. The Morgan fingerprint density at radius 3 is 2.50 bits per heavy atom. The number of benzene rings is 1. The van der Waals surface area contributed by atoms with Crippen molar-refractivity contribution in [3.63, 3.8) is 0 Å². The van der Waals surface area contributed by atoms with Crippen molar-refractivity contribution in [3.8, 4) is 11.8 Å². The van der Waals surface area contributed by atoms with E-state index in [1.807, 2.05) is 0 Å². The van der Waals surface area contributed by atoms with Crippen molar-refractivity contribution >= 4 is 0 Å². The Kier molecular flexibility index (Phi) is 3.91. The van der Waals surface area contributed by atoms with Crippen LogP contribution in [-0.2, 0) is 6.18 Å². The van der Waals surface area contributed by atoms with Crippen LogP contribution in [0.3, 0.4) is 0 Å². The molecule has 6 heteroatoms. The lowest BCUT2D eigenvalue weighted by Crippen LogP contribution is -2.42. The number of hydrogen-bond acceptors (Lipinski definition) is 3. The highest BCUT2D eigenvalue weighted by molar-refractivity contribution is 5.44. The van der Waals surface area contributed by atoms with E-state index >= 15 is 0 Å². The van der Waals surface area contributed by atoms with Gasteiger partial charge in [-0.15, -0.1) is 0 Å². The number of rotatable bonds is 3. The minimum Gasteiger partial charge on any atom is -0.492 e. The fourth-order valence-corrected chi connectivity index (χ4v) is 2.40. The summed E-state index contributed by atoms with van der Waals surface area (Å²) in [5, 5.41) is 8.71. The minimum absolute atomic E-state index is 0.0908. The van der Waals surface area contributed by atoms with Gasteiger partial charge in [-0.3, -0.25) is 0 Å². The van der Waals surface area contributed by atoms with Crippen molar-refractivity contribution in [1.29, 1.82) is 5.26 Å². The Balaban J connectivity index is 2.15. The third kappa shape index (κ3) is 3.23. The Morgan fingerprint density at radius 2 is 1.95 bits per heavy atom. The Bertz CT molecular complexity index is 528. The fourth-order valence-electron chi connectivity index (χ4n) is 2.40. The first kappa shape index (κ1) is 14.7. The van der Waals surface area contributed by atoms with Crippen molar-refractivity contribution in [2.45, 2.75) is 37.4 Å². The number of nitriles is 1. The number of nitrogens with two attached hydrogens (primary N) is 1. The molecule has 0 aromatic heterocycles. The van der Waals surface area contributed by atoms with Crippen molar-refractivity contribution in [2.24, 2.45) is 5.73 Å². The second kappa shape index (κ2) is 5.33. The summed E-state index contributed by atoms with van der Waals surface area (Å²) in [6.07, 6.45) is -0.912. The molecule has 0 spiro atoms. The van der Waals surface area contributed by atoms with Crippen molar-refractivity contribution < 1.29 is 17.9 Å². The van der Waals surface area contributed by atoms with Crippen LogP contribution >= 0.6 is 0 Å². The number of hydrogen-bond donors (Lipinski definition) is 1. The van der Waals surface area contributed by atoms with Crippen LogP contribution in [0.1, 0.15) is 36.8 Å². The smallest absolute Gasteiger partial charge is 0.417 e. The van der Waals surface area contributed by atoms with Gasteiger partial charge in [0.1, 0.15) is 12.4 Å². The third-order valence-electron chi connectivity index (χ3n) is 3.54. The van der Waals surface area contributed by atoms with E-state index < -0.39 is 22.8 Å². The largest absolute Gasteiger partial charge is 0.492 e. The van der Waals surface area contributed by atoms with Gasteiger partial charge >= 0.3 is 6.18 Å². The molecule has 0 saturated heterocycles. The predicted molar refractivity (Wildman–Crippen MR) is 67.0 cm³/mol. The summed E-state index contributed by atoms with van der Waals surface area (Å²) in [4.78, 5) is 0.